The number of aromatic nitrogens is 3. The first kappa shape index (κ1) is 14.3. The standard InChI is InChI=1S/C17H18N4O/c1-4-14-19-12-8-6-5-7-11(12)16(20-14)17-13(18-2)9-10-15(21-17)22-3/h5-10,18H,4H2,1-3H3. The van der Waals surface area contributed by atoms with Crippen LogP contribution >= 0.6 is 0 Å². The molecular formula is C17H18N4O. The lowest BCUT2D eigenvalue weighted by atomic mass is 10.1. The number of hydrogen-bond acceptors (Lipinski definition) is 5. The first-order chi connectivity index (χ1) is 10.8. The fourth-order valence-electron chi connectivity index (χ4n) is 2.40. The van der Waals surface area contributed by atoms with Crippen LogP contribution in [0.5, 0.6) is 5.88 Å². The summed E-state index contributed by atoms with van der Waals surface area (Å²) in [5.41, 5.74) is 3.43. The predicted octanol–water partition coefficient (Wildman–Crippen LogP) is 3.30. The molecule has 0 spiro atoms. The van der Waals surface area contributed by atoms with Crippen LogP contribution in [0.15, 0.2) is 36.4 Å². The van der Waals surface area contributed by atoms with Gasteiger partial charge >= 0.3 is 0 Å². The molecule has 0 fully saturated rings. The highest BCUT2D eigenvalue weighted by Gasteiger charge is 2.14. The van der Waals surface area contributed by atoms with Crippen LogP contribution < -0.4 is 10.1 Å². The summed E-state index contributed by atoms with van der Waals surface area (Å²) in [6, 6.07) is 11.8. The summed E-state index contributed by atoms with van der Waals surface area (Å²) in [6.45, 7) is 2.05. The van der Waals surface area contributed by atoms with Crippen molar-refractivity contribution in [2.24, 2.45) is 0 Å². The van der Waals surface area contributed by atoms with Crippen molar-refractivity contribution in [2.75, 3.05) is 19.5 Å². The Balaban J connectivity index is 2.33. The number of nitrogens with zero attached hydrogens (tertiary/aromatic N) is 3. The SMILES string of the molecule is CCc1nc(-c2nc(OC)ccc2NC)c2ccccc2n1. The van der Waals surface area contributed by atoms with Crippen LogP contribution in [0.2, 0.25) is 0 Å². The first-order valence-electron chi connectivity index (χ1n) is 7.25. The van der Waals surface area contributed by atoms with E-state index < -0.39 is 0 Å². The number of pyridine rings is 1. The Bertz CT molecular complexity index is 817. The van der Waals surface area contributed by atoms with Crippen molar-refractivity contribution < 1.29 is 4.74 Å². The minimum Gasteiger partial charge on any atom is -0.481 e. The lowest BCUT2D eigenvalue weighted by molar-refractivity contribution is 0.398. The van der Waals surface area contributed by atoms with E-state index in [4.69, 9.17) is 9.72 Å². The van der Waals surface area contributed by atoms with Gasteiger partial charge in [-0.25, -0.2) is 15.0 Å². The zero-order valence-corrected chi connectivity index (χ0v) is 12.9. The van der Waals surface area contributed by atoms with Crippen molar-refractivity contribution in [3.05, 3.63) is 42.2 Å². The van der Waals surface area contributed by atoms with E-state index in [9.17, 15) is 0 Å². The largest absolute Gasteiger partial charge is 0.481 e. The molecule has 0 aliphatic rings. The van der Waals surface area contributed by atoms with Crippen molar-refractivity contribution in [3.8, 4) is 17.3 Å². The maximum Gasteiger partial charge on any atom is 0.213 e. The zero-order valence-electron chi connectivity index (χ0n) is 12.9. The third-order valence-corrected chi connectivity index (χ3v) is 3.54. The molecule has 0 saturated carbocycles. The molecule has 0 saturated heterocycles. The Kier molecular flexibility index (Phi) is 3.87. The van der Waals surface area contributed by atoms with Gasteiger partial charge in [0.15, 0.2) is 0 Å². The molecule has 3 aromatic rings. The van der Waals surface area contributed by atoms with E-state index in [0.29, 0.717) is 5.88 Å². The number of aryl methyl sites for hydroxylation is 1. The number of hydrogen-bond donors (Lipinski definition) is 1. The molecule has 0 amide bonds. The van der Waals surface area contributed by atoms with Crippen LogP contribution in [-0.4, -0.2) is 29.1 Å². The second-order valence-corrected chi connectivity index (χ2v) is 4.86. The van der Waals surface area contributed by atoms with E-state index in [-0.39, 0.29) is 0 Å². The van der Waals surface area contributed by atoms with Gasteiger partial charge in [0, 0.05) is 24.9 Å². The fourth-order valence-corrected chi connectivity index (χ4v) is 2.40. The maximum atomic E-state index is 5.26. The van der Waals surface area contributed by atoms with Crippen LogP contribution in [0.25, 0.3) is 22.3 Å². The number of benzene rings is 1. The summed E-state index contributed by atoms with van der Waals surface area (Å²) in [5, 5.41) is 4.15. The fraction of sp³-hybridized carbons (Fsp3) is 0.235. The Morgan fingerprint density at radius 2 is 1.82 bits per heavy atom. The van der Waals surface area contributed by atoms with Crippen molar-refractivity contribution in [3.63, 3.8) is 0 Å². The topological polar surface area (TPSA) is 59.9 Å². The number of nitrogens with one attached hydrogen (secondary N) is 1. The van der Waals surface area contributed by atoms with Gasteiger partial charge in [-0.05, 0) is 12.1 Å². The molecular weight excluding hydrogens is 276 g/mol. The summed E-state index contributed by atoms with van der Waals surface area (Å²) >= 11 is 0. The highest BCUT2D eigenvalue weighted by Crippen LogP contribution is 2.31. The molecule has 1 aromatic carbocycles. The Labute approximate surface area is 129 Å². The van der Waals surface area contributed by atoms with Gasteiger partial charge in [0.25, 0.3) is 0 Å². The molecule has 22 heavy (non-hydrogen) atoms. The summed E-state index contributed by atoms with van der Waals surface area (Å²) in [6.07, 6.45) is 0.774. The minimum absolute atomic E-state index is 0.565. The molecule has 112 valence electrons. The van der Waals surface area contributed by atoms with Crippen LogP contribution in [-0.2, 0) is 6.42 Å². The van der Waals surface area contributed by atoms with Crippen LogP contribution in [0, 0.1) is 0 Å². The van der Waals surface area contributed by atoms with E-state index in [1.807, 2.05) is 50.4 Å². The van der Waals surface area contributed by atoms with Gasteiger partial charge in [0.1, 0.15) is 17.2 Å². The van der Waals surface area contributed by atoms with E-state index in [1.165, 1.54) is 0 Å². The second-order valence-electron chi connectivity index (χ2n) is 4.86. The lowest BCUT2D eigenvalue weighted by Crippen LogP contribution is -2.02. The van der Waals surface area contributed by atoms with Gasteiger partial charge in [-0.3, -0.25) is 0 Å². The van der Waals surface area contributed by atoms with Crippen LogP contribution in [0.1, 0.15) is 12.7 Å². The van der Waals surface area contributed by atoms with Crippen molar-refractivity contribution in [1.29, 1.82) is 0 Å². The van der Waals surface area contributed by atoms with Crippen molar-refractivity contribution in [1.82, 2.24) is 15.0 Å². The summed E-state index contributed by atoms with van der Waals surface area (Å²) in [7, 11) is 3.48. The smallest absolute Gasteiger partial charge is 0.213 e. The molecule has 1 N–H and O–H groups in total. The predicted molar refractivity (Wildman–Crippen MR) is 88.2 cm³/mol. The van der Waals surface area contributed by atoms with E-state index in [0.717, 1.165) is 40.2 Å². The average Bonchev–Trinajstić information content (AvgIpc) is 2.60. The molecule has 0 unspecified atom stereocenters. The highest BCUT2D eigenvalue weighted by atomic mass is 16.5. The number of methoxy groups -OCH3 is 1. The molecule has 5 heteroatoms. The molecule has 0 aliphatic heterocycles. The lowest BCUT2D eigenvalue weighted by Gasteiger charge is -2.12. The van der Waals surface area contributed by atoms with E-state index in [1.54, 1.807) is 7.11 Å². The third kappa shape index (κ3) is 2.45. The van der Waals surface area contributed by atoms with Gasteiger partial charge in [0.2, 0.25) is 5.88 Å². The molecule has 3 rings (SSSR count). The Morgan fingerprint density at radius 3 is 2.55 bits per heavy atom. The number of para-hydroxylation sites is 1. The van der Waals surface area contributed by atoms with Gasteiger partial charge < -0.3 is 10.1 Å². The van der Waals surface area contributed by atoms with Crippen molar-refractivity contribution in [2.45, 2.75) is 13.3 Å². The van der Waals surface area contributed by atoms with Crippen LogP contribution in [0.4, 0.5) is 5.69 Å². The molecule has 0 aliphatic carbocycles. The first-order valence-corrected chi connectivity index (χ1v) is 7.25. The average molecular weight is 294 g/mol. The number of rotatable bonds is 4. The number of anilines is 1. The summed E-state index contributed by atoms with van der Waals surface area (Å²) in [4.78, 5) is 13.9. The third-order valence-electron chi connectivity index (χ3n) is 3.54. The molecule has 2 heterocycles. The molecule has 0 radical (unpaired) electrons. The van der Waals surface area contributed by atoms with E-state index in [2.05, 4.69) is 15.3 Å². The summed E-state index contributed by atoms with van der Waals surface area (Å²) < 4.78 is 5.26. The molecule has 0 bridgehead atoms. The number of ether oxygens (including phenoxy) is 1. The van der Waals surface area contributed by atoms with Crippen molar-refractivity contribution >= 4 is 16.6 Å². The van der Waals surface area contributed by atoms with Gasteiger partial charge in [-0.15, -0.1) is 0 Å². The van der Waals surface area contributed by atoms with Gasteiger partial charge in [-0.1, -0.05) is 25.1 Å². The Hall–Kier alpha value is -2.69. The molecule has 0 atom stereocenters. The zero-order chi connectivity index (χ0) is 15.5. The summed E-state index contributed by atoms with van der Waals surface area (Å²) in [5.74, 6) is 1.37. The van der Waals surface area contributed by atoms with Crippen LogP contribution in [0.3, 0.4) is 0 Å². The Morgan fingerprint density at radius 1 is 1.00 bits per heavy atom. The van der Waals surface area contributed by atoms with Gasteiger partial charge in [0.05, 0.1) is 18.3 Å². The minimum atomic E-state index is 0.565. The monoisotopic (exact) mass is 294 g/mol. The van der Waals surface area contributed by atoms with Gasteiger partial charge in [-0.2, -0.15) is 0 Å². The normalized spacial score (nSPS) is 10.7. The highest BCUT2D eigenvalue weighted by molar-refractivity contribution is 5.94. The molecule has 5 nitrogen and oxygen atoms in total. The number of fused-ring (bicyclic) bond motifs is 1. The quantitative estimate of drug-likeness (QED) is 0.800. The second kappa shape index (κ2) is 5.97. The maximum absolute atomic E-state index is 5.26. The van der Waals surface area contributed by atoms with E-state index >= 15 is 0 Å². The molecule has 2 aromatic heterocycles.